The number of carbonyl (C=O) groups excluding carboxylic acids is 3. The van der Waals surface area contributed by atoms with Crippen molar-refractivity contribution in [1.29, 1.82) is 0 Å². The predicted molar refractivity (Wildman–Crippen MR) is 242 cm³/mol. The summed E-state index contributed by atoms with van der Waals surface area (Å²) in [6.45, 7) is 6.29. The van der Waals surface area contributed by atoms with E-state index < -0.39 is 6.10 Å². The summed E-state index contributed by atoms with van der Waals surface area (Å²) in [6.07, 6.45) is 58.5. The van der Waals surface area contributed by atoms with Crippen molar-refractivity contribution in [1.82, 2.24) is 0 Å². The molecule has 0 amide bonds. The van der Waals surface area contributed by atoms with Crippen molar-refractivity contribution < 1.29 is 28.6 Å². The van der Waals surface area contributed by atoms with Crippen molar-refractivity contribution in [3.63, 3.8) is 0 Å². The lowest BCUT2D eigenvalue weighted by atomic mass is 10.1. The van der Waals surface area contributed by atoms with Crippen LogP contribution in [0.4, 0.5) is 0 Å². The molecule has 1 atom stereocenters. The summed E-state index contributed by atoms with van der Waals surface area (Å²) in [5, 5.41) is 0. The molecule has 322 valence electrons. The van der Waals surface area contributed by atoms with Crippen LogP contribution < -0.4 is 0 Å². The molecular formula is C51H82O6. The van der Waals surface area contributed by atoms with Crippen LogP contribution in [0.3, 0.4) is 0 Å². The van der Waals surface area contributed by atoms with Gasteiger partial charge in [0.2, 0.25) is 0 Å². The van der Waals surface area contributed by atoms with Gasteiger partial charge in [0.05, 0.1) is 0 Å². The second-order valence-electron chi connectivity index (χ2n) is 14.6. The number of allylic oxidation sites excluding steroid dienone is 16. The van der Waals surface area contributed by atoms with E-state index in [-0.39, 0.29) is 31.1 Å². The van der Waals surface area contributed by atoms with Gasteiger partial charge in [-0.15, -0.1) is 0 Å². The topological polar surface area (TPSA) is 78.9 Å². The van der Waals surface area contributed by atoms with Gasteiger partial charge in [-0.2, -0.15) is 0 Å². The van der Waals surface area contributed by atoms with Crippen LogP contribution in [0.5, 0.6) is 0 Å². The first-order valence-electron chi connectivity index (χ1n) is 22.7. The molecule has 0 spiro atoms. The van der Waals surface area contributed by atoms with Crippen LogP contribution in [-0.4, -0.2) is 37.2 Å². The molecule has 1 unspecified atom stereocenters. The van der Waals surface area contributed by atoms with Gasteiger partial charge in [0.25, 0.3) is 0 Å². The zero-order valence-electron chi connectivity index (χ0n) is 36.6. The third-order valence-electron chi connectivity index (χ3n) is 9.05. The van der Waals surface area contributed by atoms with Gasteiger partial charge >= 0.3 is 17.9 Å². The fourth-order valence-electron chi connectivity index (χ4n) is 5.66. The molecule has 57 heavy (non-hydrogen) atoms. The smallest absolute Gasteiger partial charge is 0.306 e. The Kier molecular flexibility index (Phi) is 42.1. The maximum Gasteiger partial charge on any atom is 0.306 e. The summed E-state index contributed by atoms with van der Waals surface area (Å²) >= 11 is 0. The predicted octanol–water partition coefficient (Wildman–Crippen LogP) is 14.6. The molecule has 0 heterocycles. The van der Waals surface area contributed by atoms with Gasteiger partial charge in [-0.3, -0.25) is 14.4 Å². The van der Waals surface area contributed by atoms with Crippen LogP contribution >= 0.6 is 0 Å². The first-order valence-corrected chi connectivity index (χ1v) is 22.7. The van der Waals surface area contributed by atoms with E-state index in [1.807, 2.05) is 0 Å². The molecule has 0 aliphatic rings. The van der Waals surface area contributed by atoms with E-state index in [1.165, 1.54) is 6.42 Å². The monoisotopic (exact) mass is 791 g/mol. The number of hydrogen-bond acceptors (Lipinski definition) is 6. The van der Waals surface area contributed by atoms with Crippen molar-refractivity contribution in [2.45, 2.75) is 194 Å². The van der Waals surface area contributed by atoms with Crippen LogP contribution in [0.25, 0.3) is 0 Å². The highest BCUT2D eigenvalue weighted by atomic mass is 16.6. The minimum Gasteiger partial charge on any atom is -0.462 e. The van der Waals surface area contributed by atoms with E-state index in [0.29, 0.717) is 19.3 Å². The second kappa shape index (κ2) is 45.0. The van der Waals surface area contributed by atoms with Gasteiger partial charge in [-0.1, -0.05) is 169 Å². The lowest BCUT2D eigenvalue weighted by molar-refractivity contribution is -0.167. The number of unbranched alkanes of at least 4 members (excludes halogenated alkanes) is 12. The summed E-state index contributed by atoms with van der Waals surface area (Å²) in [5.74, 6) is -0.984. The summed E-state index contributed by atoms with van der Waals surface area (Å²) in [7, 11) is 0. The lowest BCUT2D eigenvalue weighted by Gasteiger charge is -2.18. The standard InChI is InChI=1S/C51H82O6/c1-4-7-10-13-15-17-19-21-22-23-24-25-26-27-28-30-31-33-35-38-41-44-50(53)56-47-48(46-55-49(52)43-40-37-12-9-6-3)57-51(54)45-42-39-36-34-32-29-20-18-16-14-11-8-5-2/h7,10-11,14-15,17-18,20-22,24-25,27-28,31,33,48H,4-6,8-9,12-13,16,19,23,26,29-30,32,34-47H2,1-3H3/b10-7-,14-11-,17-15-,20-18-,22-21-,25-24-,28-27-,33-31-. The van der Waals surface area contributed by atoms with Crippen LogP contribution in [0, 0.1) is 0 Å². The molecule has 0 bridgehead atoms. The molecule has 0 N–H and O–H groups in total. The molecule has 0 aliphatic heterocycles. The Morgan fingerprint density at radius 2 is 0.719 bits per heavy atom. The highest BCUT2D eigenvalue weighted by Gasteiger charge is 2.19. The summed E-state index contributed by atoms with van der Waals surface area (Å²) in [5.41, 5.74) is 0. The summed E-state index contributed by atoms with van der Waals surface area (Å²) < 4.78 is 16.5. The van der Waals surface area contributed by atoms with Gasteiger partial charge in [0.15, 0.2) is 6.10 Å². The van der Waals surface area contributed by atoms with E-state index in [1.54, 1.807) is 0 Å². The third-order valence-corrected chi connectivity index (χ3v) is 9.05. The van der Waals surface area contributed by atoms with Crippen molar-refractivity contribution in [3.8, 4) is 0 Å². The maximum absolute atomic E-state index is 12.7. The molecule has 0 aromatic rings. The fourth-order valence-corrected chi connectivity index (χ4v) is 5.66. The largest absolute Gasteiger partial charge is 0.462 e. The fraction of sp³-hybridized carbons (Fsp3) is 0.627. The van der Waals surface area contributed by atoms with Crippen molar-refractivity contribution >= 4 is 17.9 Å². The maximum atomic E-state index is 12.7. The lowest BCUT2D eigenvalue weighted by Crippen LogP contribution is -2.30. The molecular weight excluding hydrogens is 709 g/mol. The van der Waals surface area contributed by atoms with Gasteiger partial charge in [0, 0.05) is 19.3 Å². The van der Waals surface area contributed by atoms with Gasteiger partial charge in [-0.25, -0.2) is 0 Å². The molecule has 6 nitrogen and oxygen atoms in total. The Morgan fingerprint density at radius 1 is 0.368 bits per heavy atom. The Labute approximate surface area is 349 Å². The van der Waals surface area contributed by atoms with Crippen molar-refractivity contribution in [2.24, 2.45) is 0 Å². The Hall–Kier alpha value is -3.67. The van der Waals surface area contributed by atoms with E-state index in [0.717, 1.165) is 141 Å². The average Bonchev–Trinajstić information content (AvgIpc) is 3.21. The Bertz CT molecular complexity index is 1180. The first kappa shape index (κ1) is 53.3. The van der Waals surface area contributed by atoms with Crippen LogP contribution in [0.15, 0.2) is 97.2 Å². The normalized spacial score (nSPS) is 13.0. The quantitative estimate of drug-likeness (QED) is 0.0267. The van der Waals surface area contributed by atoms with E-state index >= 15 is 0 Å². The Morgan fingerprint density at radius 3 is 1.18 bits per heavy atom. The molecule has 0 aromatic carbocycles. The van der Waals surface area contributed by atoms with Crippen molar-refractivity contribution in [2.75, 3.05) is 13.2 Å². The first-order chi connectivity index (χ1) is 28.0. The second-order valence-corrected chi connectivity index (χ2v) is 14.6. The molecule has 0 aromatic heterocycles. The number of rotatable bonds is 39. The van der Waals surface area contributed by atoms with E-state index in [2.05, 4.69) is 118 Å². The number of carbonyl (C=O) groups is 3. The minimum atomic E-state index is -0.798. The van der Waals surface area contributed by atoms with Gasteiger partial charge in [-0.05, 0) is 96.3 Å². The minimum absolute atomic E-state index is 0.0998. The molecule has 0 radical (unpaired) electrons. The molecule has 0 fully saturated rings. The number of hydrogen-bond donors (Lipinski definition) is 0. The van der Waals surface area contributed by atoms with Crippen LogP contribution in [0.2, 0.25) is 0 Å². The molecule has 0 aliphatic carbocycles. The average molecular weight is 791 g/mol. The van der Waals surface area contributed by atoms with Crippen molar-refractivity contribution in [3.05, 3.63) is 97.2 Å². The molecule has 6 heteroatoms. The molecule has 0 rings (SSSR count). The molecule has 0 saturated carbocycles. The van der Waals surface area contributed by atoms with E-state index in [9.17, 15) is 14.4 Å². The number of esters is 3. The van der Waals surface area contributed by atoms with Crippen LogP contribution in [-0.2, 0) is 28.6 Å². The van der Waals surface area contributed by atoms with E-state index in [4.69, 9.17) is 14.2 Å². The van der Waals surface area contributed by atoms with Crippen LogP contribution in [0.1, 0.15) is 188 Å². The summed E-state index contributed by atoms with van der Waals surface area (Å²) in [6, 6.07) is 0. The summed E-state index contributed by atoms with van der Waals surface area (Å²) in [4.78, 5) is 37.5. The Balaban J connectivity index is 4.33. The SMILES string of the molecule is CC/C=C\C/C=C\C/C=C\C/C=C\C/C=C\C/C=C\CCCCC(=O)OCC(COC(=O)CCCCCCC)OC(=O)CCCCCCC/C=C\C/C=C\CCC. The highest BCUT2D eigenvalue weighted by Crippen LogP contribution is 2.11. The van der Waals surface area contributed by atoms with Gasteiger partial charge in [0.1, 0.15) is 13.2 Å². The zero-order chi connectivity index (χ0) is 41.5. The highest BCUT2D eigenvalue weighted by molar-refractivity contribution is 5.71. The molecule has 0 saturated heterocycles. The zero-order valence-corrected chi connectivity index (χ0v) is 36.6. The third kappa shape index (κ3) is 43.3. The number of ether oxygens (including phenoxy) is 3. The van der Waals surface area contributed by atoms with Gasteiger partial charge < -0.3 is 14.2 Å².